The minimum atomic E-state index is 0.676. The van der Waals surface area contributed by atoms with Crippen molar-refractivity contribution in [3.63, 3.8) is 0 Å². The van der Waals surface area contributed by atoms with Crippen molar-refractivity contribution in [1.29, 1.82) is 0 Å². The van der Waals surface area contributed by atoms with E-state index in [-0.39, 0.29) is 0 Å². The first-order valence-electron chi connectivity index (χ1n) is 3.30. The predicted octanol–water partition coefficient (Wildman–Crippen LogP) is 0.550. The van der Waals surface area contributed by atoms with Gasteiger partial charge in [0.25, 0.3) is 0 Å². The van der Waals surface area contributed by atoms with Gasteiger partial charge in [-0.05, 0) is 6.07 Å². The van der Waals surface area contributed by atoms with E-state index < -0.39 is 0 Å². The van der Waals surface area contributed by atoms with Gasteiger partial charge in [0.1, 0.15) is 5.52 Å². The molecule has 4 nitrogen and oxygen atoms in total. The van der Waals surface area contributed by atoms with Crippen molar-refractivity contribution in [2.75, 3.05) is 5.73 Å². The van der Waals surface area contributed by atoms with Gasteiger partial charge in [0.15, 0.2) is 5.65 Å². The molecule has 0 aliphatic heterocycles. The molecule has 0 radical (unpaired) electrons. The van der Waals surface area contributed by atoms with Gasteiger partial charge in [-0.2, -0.15) is 0 Å². The molecule has 0 aliphatic rings. The lowest BCUT2D eigenvalue weighted by Gasteiger charge is -1.93. The number of aryl methyl sites for hydroxylation is 1. The van der Waals surface area contributed by atoms with Gasteiger partial charge in [0, 0.05) is 13.2 Å². The third-order valence-corrected chi connectivity index (χ3v) is 1.63. The Morgan fingerprint density at radius 1 is 1.45 bits per heavy atom. The van der Waals surface area contributed by atoms with Crippen molar-refractivity contribution < 1.29 is 0 Å². The van der Waals surface area contributed by atoms with Crippen LogP contribution in [-0.2, 0) is 7.05 Å². The summed E-state index contributed by atoms with van der Waals surface area (Å²) >= 11 is 0. The normalized spacial score (nSPS) is 10.6. The largest absolute Gasteiger partial charge is 0.397 e. The van der Waals surface area contributed by atoms with Crippen LogP contribution in [0.3, 0.4) is 0 Å². The highest BCUT2D eigenvalue weighted by Crippen LogP contribution is 2.14. The van der Waals surface area contributed by atoms with Gasteiger partial charge in [-0.3, -0.25) is 0 Å². The predicted molar refractivity (Wildman–Crippen MR) is 42.9 cm³/mol. The van der Waals surface area contributed by atoms with E-state index in [2.05, 4.69) is 9.97 Å². The number of imidazole rings is 1. The summed E-state index contributed by atoms with van der Waals surface area (Å²) in [7, 11) is 1.89. The smallest absolute Gasteiger partial charge is 0.161 e. The molecular formula is C7H8N4. The van der Waals surface area contributed by atoms with Crippen LogP contribution in [0.2, 0.25) is 0 Å². The Kier molecular flexibility index (Phi) is 1.09. The zero-order valence-electron chi connectivity index (χ0n) is 6.15. The topological polar surface area (TPSA) is 56.7 Å². The Morgan fingerprint density at radius 3 is 3.00 bits per heavy atom. The molecule has 4 heteroatoms. The first-order valence-corrected chi connectivity index (χ1v) is 3.30. The van der Waals surface area contributed by atoms with Crippen LogP contribution in [-0.4, -0.2) is 14.5 Å². The maximum Gasteiger partial charge on any atom is 0.161 e. The lowest BCUT2D eigenvalue weighted by Crippen LogP contribution is -1.90. The molecule has 0 saturated carbocycles. The molecule has 0 saturated heterocycles. The molecule has 0 spiro atoms. The Balaban J connectivity index is 2.94. The summed E-state index contributed by atoms with van der Waals surface area (Å²) in [5, 5.41) is 0. The van der Waals surface area contributed by atoms with E-state index in [0.29, 0.717) is 5.69 Å². The molecule has 0 aliphatic carbocycles. The second kappa shape index (κ2) is 1.95. The minimum absolute atomic E-state index is 0.676. The molecule has 56 valence electrons. The first kappa shape index (κ1) is 6.15. The van der Waals surface area contributed by atoms with Crippen molar-refractivity contribution >= 4 is 16.9 Å². The Hall–Kier alpha value is -1.58. The molecule has 0 fully saturated rings. The van der Waals surface area contributed by atoms with Crippen LogP contribution in [0.25, 0.3) is 11.2 Å². The number of hydrogen-bond acceptors (Lipinski definition) is 3. The highest BCUT2D eigenvalue weighted by molar-refractivity contribution is 5.83. The van der Waals surface area contributed by atoms with Gasteiger partial charge in [-0.15, -0.1) is 0 Å². The molecule has 2 N–H and O–H groups in total. The fourth-order valence-corrected chi connectivity index (χ4v) is 1.05. The van der Waals surface area contributed by atoms with Crippen molar-refractivity contribution in [1.82, 2.24) is 14.5 Å². The van der Waals surface area contributed by atoms with Crippen LogP contribution in [0, 0.1) is 0 Å². The maximum atomic E-state index is 5.65. The SMILES string of the molecule is Cn1cnc2c(N)ccnc21. The zero-order chi connectivity index (χ0) is 7.84. The number of nitrogen functional groups attached to an aromatic ring is 1. The summed E-state index contributed by atoms with van der Waals surface area (Å²) in [6, 6.07) is 1.75. The molecule has 0 aromatic carbocycles. The van der Waals surface area contributed by atoms with E-state index in [1.54, 1.807) is 18.6 Å². The van der Waals surface area contributed by atoms with Gasteiger partial charge in [-0.1, -0.05) is 0 Å². The molecule has 11 heavy (non-hydrogen) atoms. The van der Waals surface area contributed by atoms with Crippen LogP contribution in [0.5, 0.6) is 0 Å². The van der Waals surface area contributed by atoms with E-state index in [0.717, 1.165) is 11.2 Å². The molecule has 2 aromatic rings. The van der Waals surface area contributed by atoms with Crippen molar-refractivity contribution in [3.8, 4) is 0 Å². The van der Waals surface area contributed by atoms with Crippen molar-refractivity contribution in [2.45, 2.75) is 0 Å². The number of nitrogens with zero attached hydrogens (tertiary/aromatic N) is 3. The van der Waals surface area contributed by atoms with E-state index in [1.165, 1.54) is 0 Å². The summed E-state index contributed by atoms with van der Waals surface area (Å²) in [6.45, 7) is 0. The fraction of sp³-hybridized carbons (Fsp3) is 0.143. The van der Waals surface area contributed by atoms with Crippen molar-refractivity contribution in [2.24, 2.45) is 7.05 Å². The molecule has 2 rings (SSSR count). The van der Waals surface area contributed by atoms with Gasteiger partial charge in [0.05, 0.1) is 12.0 Å². The summed E-state index contributed by atoms with van der Waals surface area (Å²) in [4.78, 5) is 8.22. The molecule has 0 bridgehead atoms. The molecule has 2 aromatic heterocycles. The molecule has 2 heterocycles. The second-order valence-corrected chi connectivity index (χ2v) is 2.43. The van der Waals surface area contributed by atoms with Crippen LogP contribution in [0.1, 0.15) is 0 Å². The van der Waals surface area contributed by atoms with Crippen LogP contribution in [0.15, 0.2) is 18.6 Å². The molecule has 0 amide bonds. The number of nitrogens with two attached hydrogens (primary N) is 1. The van der Waals surface area contributed by atoms with Crippen LogP contribution < -0.4 is 5.73 Å². The number of fused-ring (bicyclic) bond motifs is 1. The summed E-state index contributed by atoms with van der Waals surface area (Å²) in [5.74, 6) is 0. The lowest BCUT2D eigenvalue weighted by molar-refractivity contribution is 0.931. The van der Waals surface area contributed by atoms with Crippen LogP contribution >= 0.6 is 0 Å². The van der Waals surface area contributed by atoms with E-state index >= 15 is 0 Å². The summed E-state index contributed by atoms with van der Waals surface area (Å²) in [5.41, 5.74) is 7.93. The highest BCUT2D eigenvalue weighted by atomic mass is 15.1. The number of rotatable bonds is 0. The second-order valence-electron chi connectivity index (χ2n) is 2.43. The summed E-state index contributed by atoms with van der Waals surface area (Å²) < 4.78 is 1.84. The third-order valence-electron chi connectivity index (χ3n) is 1.63. The summed E-state index contributed by atoms with van der Waals surface area (Å²) in [6.07, 6.45) is 3.38. The lowest BCUT2D eigenvalue weighted by atomic mass is 10.4. The maximum absolute atomic E-state index is 5.65. The molecule has 0 unspecified atom stereocenters. The van der Waals surface area contributed by atoms with Gasteiger partial charge in [-0.25, -0.2) is 9.97 Å². The number of anilines is 1. The van der Waals surface area contributed by atoms with Crippen molar-refractivity contribution in [3.05, 3.63) is 18.6 Å². The Bertz CT molecular complexity index is 390. The quantitative estimate of drug-likeness (QED) is 0.593. The first-order chi connectivity index (χ1) is 5.29. The monoisotopic (exact) mass is 148 g/mol. The van der Waals surface area contributed by atoms with Gasteiger partial charge < -0.3 is 10.3 Å². The average molecular weight is 148 g/mol. The Labute approximate surface area is 63.7 Å². The standard InChI is InChI=1S/C7H8N4/c1-11-4-10-6-5(8)2-3-9-7(6)11/h2-4H,1H3,(H2,8,9). The molecular weight excluding hydrogens is 140 g/mol. The molecule has 0 atom stereocenters. The minimum Gasteiger partial charge on any atom is -0.397 e. The van der Waals surface area contributed by atoms with E-state index in [9.17, 15) is 0 Å². The number of pyridine rings is 1. The zero-order valence-corrected chi connectivity index (χ0v) is 6.15. The highest BCUT2D eigenvalue weighted by Gasteiger charge is 2.01. The van der Waals surface area contributed by atoms with E-state index in [4.69, 9.17) is 5.73 Å². The average Bonchev–Trinajstić information content (AvgIpc) is 2.35. The number of aromatic nitrogens is 3. The fourth-order valence-electron chi connectivity index (χ4n) is 1.05. The number of hydrogen-bond donors (Lipinski definition) is 1. The van der Waals surface area contributed by atoms with E-state index in [1.807, 2.05) is 11.6 Å². The van der Waals surface area contributed by atoms with Gasteiger partial charge >= 0.3 is 0 Å². The van der Waals surface area contributed by atoms with Crippen LogP contribution in [0.4, 0.5) is 5.69 Å². The third kappa shape index (κ3) is 0.756. The Morgan fingerprint density at radius 2 is 2.27 bits per heavy atom. The van der Waals surface area contributed by atoms with Gasteiger partial charge in [0.2, 0.25) is 0 Å².